The first kappa shape index (κ1) is 24.4. The molecule has 0 saturated carbocycles. The third kappa shape index (κ3) is 4.73. The summed E-state index contributed by atoms with van der Waals surface area (Å²) in [4.78, 5) is 22.3. The van der Waals surface area contributed by atoms with E-state index in [-0.39, 0.29) is 23.1 Å². The molecule has 1 aliphatic rings. The number of aryl methyl sites for hydroxylation is 2. The molecule has 0 bridgehead atoms. The average Bonchev–Trinajstić information content (AvgIpc) is 3.23. The second-order valence-electron chi connectivity index (χ2n) is 9.08. The number of nitrogens with one attached hydrogen (secondary N) is 1. The highest BCUT2D eigenvalue weighted by molar-refractivity contribution is 7.11. The zero-order valence-corrected chi connectivity index (χ0v) is 20.3. The van der Waals surface area contributed by atoms with Gasteiger partial charge in [-0.05, 0) is 54.9 Å². The van der Waals surface area contributed by atoms with Gasteiger partial charge in [0.1, 0.15) is 0 Å². The van der Waals surface area contributed by atoms with Crippen LogP contribution < -0.4 is 5.32 Å². The number of thiazole rings is 1. The molecule has 2 aromatic heterocycles. The van der Waals surface area contributed by atoms with Crippen LogP contribution in [0.1, 0.15) is 71.9 Å². The molecule has 1 N–H and O–H groups in total. The number of benzene rings is 1. The lowest BCUT2D eigenvalue weighted by Crippen LogP contribution is -2.45. The van der Waals surface area contributed by atoms with Gasteiger partial charge >= 0.3 is 6.18 Å². The van der Waals surface area contributed by atoms with Crippen molar-refractivity contribution in [1.29, 1.82) is 0 Å². The average molecular weight is 488 g/mol. The molecular weight excluding hydrogens is 459 g/mol. The Labute approximate surface area is 201 Å². The Kier molecular flexibility index (Phi) is 6.80. The van der Waals surface area contributed by atoms with Crippen LogP contribution in [0, 0.1) is 0 Å². The van der Waals surface area contributed by atoms with E-state index < -0.39 is 17.3 Å². The molecule has 1 aromatic carbocycles. The minimum absolute atomic E-state index is 0.0418. The molecule has 4 nitrogen and oxygen atoms in total. The minimum atomic E-state index is -4.57. The van der Waals surface area contributed by atoms with Crippen LogP contribution in [-0.2, 0) is 35.6 Å². The molecule has 4 rings (SSSR count). The summed E-state index contributed by atoms with van der Waals surface area (Å²) in [5.74, 6) is -0.0560. The van der Waals surface area contributed by atoms with Crippen molar-refractivity contribution in [2.24, 2.45) is 0 Å². The van der Waals surface area contributed by atoms with Gasteiger partial charge in [-0.1, -0.05) is 45.0 Å². The van der Waals surface area contributed by atoms with Crippen LogP contribution in [0.5, 0.6) is 0 Å². The fraction of sp³-hybridized carbons (Fsp3) is 0.423. The van der Waals surface area contributed by atoms with Gasteiger partial charge in [0.2, 0.25) is 5.91 Å². The summed E-state index contributed by atoms with van der Waals surface area (Å²) >= 11 is 1.06. The number of nitrogens with zero attached hydrogens (tertiary/aromatic N) is 2. The van der Waals surface area contributed by atoms with E-state index in [0.29, 0.717) is 23.5 Å². The Hall–Kier alpha value is -2.74. The monoisotopic (exact) mass is 487 g/mol. The molecule has 0 saturated heterocycles. The molecule has 1 unspecified atom stereocenters. The molecule has 180 valence electrons. The predicted molar refractivity (Wildman–Crippen MR) is 128 cm³/mol. The summed E-state index contributed by atoms with van der Waals surface area (Å²) < 4.78 is 41.6. The number of anilines is 1. The van der Waals surface area contributed by atoms with Crippen molar-refractivity contribution in [2.75, 3.05) is 5.32 Å². The number of aromatic nitrogens is 2. The number of carbonyl (C=O) groups excluding carboxylic acids is 1. The van der Waals surface area contributed by atoms with Gasteiger partial charge in [-0.2, -0.15) is 13.2 Å². The number of halogens is 3. The quantitative estimate of drug-likeness (QED) is 0.421. The summed E-state index contributed by atoms with van der Waals surface area (Å²) in [6.07, 6.45) is -0.609. The summed E-state index contributed by atoms with van der Waals surface area (Å²) in [7, 11) is 0. The van der Waals surface area contributed by atoms with E-state index in [0.717, 1.165) is 41.0 Å². The maximum absolute atomic E-state index is 13.9. The van der Waals surface area contributed by atoms with Crippen molar-refractivity contribution in [3.8, 4) is 0 Å². The van der Waals surface area contributed by atoms with E-state index in [1.807, 2.05) is 44.2 Å². The zero-order valence-electron chi connectivity index (χ0n) is 19.5. The molecule has 0 radical (unpaired) electrons. The van der Waals surface area contributed by atoms with Gasteiger partial charge in [0.05, 0.1) is 22.3 Å². The summed E-state index contributed by atoms with van der Waals surface area (Å²) in [5, 5.41) is 3.39. The highest BCUT2D eigenvalue weighted by Gasteiger charge is 2.47. The Balaban J connectivity index is 1.77. The molecule has 1 atom stereocenters. The van der Waals surface area contributed by atoms with Crippen molar-refractivity contribution in [2.45, 2.75) is 70.4 Å². The van der Waals surface area contributed by atoms with Crippen LogP contribution in [0.2, 0.25) is 0 Å². The van der Waals surface area contributed by atoms with Crippen molar-refractivity contribution < 1.29 is 18.0 Å². The largest absolute Gasteiger partial charge is 0.434 e. The lowest BCUT2D eigenvalue weighted by atomic mass is 9.67. The smallest absolute Gasteiger partial charge is 0.324 e. The summed E-state index contributed by atoms with van der Waals surface area (Å²) in [6.45, 7) is 5.85. The Bertz CT molecular complexity index is 1170. The third-order valence-electron chi connectivity index (χ3n) is 6.43. The second-order valence-corrected chi connectivity index (χ2v) is 10.2. The summed E-state index contributed by atoms with van der Waals surface area (Å²) in [6, 6.07) is 11.3. The van der Waals surface area contributed by atoms with E-state index in [2.05, 4.69) is 15.3 Å². The Morgan fingerprint density at radius 2 is 1.97 bits per heavy atom. The topological polar surface area (TPSA) is 54.9 Å². The number of rotatable bonds is 6. The van der Waals surface area contributed by atoms with Gasteiger partial charge in [0.15, 0.2) is 5.69 Å². The molecule has 1 aliphatic carbocycles. The molecule has 0 aliphatic heterocycles. The van der Waals surface area contributed by atoms with Crippen LogP contribution in [0.4, 0.5) is 18.9 Å². The summed E-state index contributed by atoms with van der Waals surface area (Å²) in [5.41, 5.74) is 1.25. The van der Waals surface area contributed by atoms with Crippen LogP contribution in [-0.4, -0.2) is 15.9 Å². The minimum Gasteiger partial charge on any atom is -0.324 e. The van der Waals surface area contributed by atoms with Gasteiger partial charge in [-0.15, -0.1) is 11.3 Å². The van der Waals surface area contributed by atoms with Gasteiger partial charge < -0.3 is 5.32 Å². The normalized spacial score (nSPS) is 18.1. The maximum Gasteiger partial charge on any atom is 0.434 e. The predicted octanol–water partition coefficient (Wildman–Crippen LogP) is 6.70. The van der Waals surface area contributed by atoms with Crippen LogP contribution in [0.15, 0.2) is 42.6 Å². The number of fused-ring (bicyclic) bond motifs is 1. The van der Waals surface area contributed by atoms with Crippen molar-refractivity contribution in [1.82, 2.24) is 9.97 Å². The lowest BCUT2D eigenvalue weighted by molar-refractivity contribution is -0.141. The van der Waals surface area contributed by atoms with Crippen molar-refractivity contribution >= 4 is 22.9 Å². The number of amides is 1. The molecule has 1 amide bonds. The second kappa shape index (κ2) is 9.49. The Morgan fingerprint density at radius 1 is 1.21 bits per heavy atom. The van der Waals surface area contributed by atoms with Crippen LogP contribution in [0.25, 0.3) is 0 Å². The van der Waals surface area contributed by atoms with Gasteiger partial charge in [-0.25, -0.2) is 4.98 Å². The van der Waals surface area contributed by atoms with Gasteiger partial charge in [-0.3, -0.25) is 9.78 Å². The number of alkyl halides is 3. The van der Waals surface area contributed by atoms with Crippen molar-refractivity contribution in [3.05, 3.63) is 75.0 Å². The number of hydrogen-bond donors (Lipinski definition) is 1. The fourth-order valence-corrected chi connectivity index (χ4v) is 5.80. The number of hydrogen-bond acceptors (Lipinski definition) is 4. The molecular formula is C26H28F3N3OS. The van der Waals surface area contributed by atoms with Crippen molar-refractivity contribution in [3.63, 3.8) is 0 Å². The molecule has 34 heavy (non-hydrogen) atoms. The first-order valence-corrected chi connectivity index (χ1v) is 12.4. The zero-order chi connectivity index (χ0) is 24.5. The third-order valence-corrected chi connectivity index (χ3v) is 7.63. The highest BCUT2D eigenvalue weighted by Crippen LogP contribution is 2.45. The van der Waals surface area contributed by atoms with E-state index >= 15 is 0 Å². The molecule has 3 aromatic rings. The van der Waals surface area contributed by atoms with Crippen LogP contribution in [0.3, 0.4) is 0 Å². The van der Waals surface area contributed by atoms with E-state index in [4.69, 9.17) is 0 Å². The molecule has 2 heterocycles. The standard InChI is InChI=1S/C26H28F3N3OS/c1-4-22-32-23(26(27,28)29)21(34-22)14-25(13-7-9-17-8-5-6-10-19(17)25)24(33)31-18-11-12-20(16(2)3)30-15-18/h5-6,8,10-12,15-16H,4,7,9,13-14H2,1-3H3,(H,31,33). The Morgan fingerprint density at radius 3 is 2.62 bits per heavy atom. The van der Waals surface area contributed by atoms with Gasteiger partial charge in [0.25, 0.3) is 0 Å². The first-order valence-electron chi connectivity index (χ1n) is 11.6. The van der Waals surface area contributed by atoms with Gasteiger partial charge in [0, 0.05) is 17.0 Å². The SMILES string of the molecule is CCc1nc(C(F)(F)F)c(CC2(C(=O)Nc3ccc(C(C)C)nc3)CCCc3ccccc32)s1. The maximum atomic E-state index is 13.9. The van der Waals surface area contributed by atoms with E-state index in [9.17, 15) is 18.0 Å². The van der Waals surface area contributed by atoms with Crippen LogP contribution >= 0.6 is 11.3 Å². The number of carbonyl (C=O) groups is 1. The molecule has 0 fully saturated rings. The molecule has 8 heteroatoms. The fourth-order valence-electron chi connectivity index (χ4n) is 4.66. The molecule has 0 spiro atoms. The number of pyridine rings is 1. The lowest BCUT2D eigenvalue weighted by Gasteiger charge is -2.38. The van der Waals surface area contributed by atoms with E-state index in [1.54, 1.807) is 19.2 Å². The van der Waals surface area contributed by atoms with E-state index in [1.165, 1.54) is 0 Å². The first-order chi connectivity index (χ1) is 16.1. The highest BCUT2D eigenvalue weighted by atomic mass is 32.1.